The molecule has 0 saturated carbocycles. The summed E-state index contributed by atoms with van der Waals surface area (Å²) in [4.78, 5) is 0. The molecule has 0 radical (unpaired) electrons. The first-order valence-corrected chi connectivity index (χ1v) is 6.91. The smallest absolute Gasteiger partial charge is 0.125 e. The van der Waals surface area contributed by atoms with E-state index in [0.29, 0.717) is 6.54 Å². The van der Waals surface area contributed by atoms with E-state index in [-0.39, 0.29) is 5.82 Å². The van der Waals surface area contributed by atoms with Gasteiger partial charge in [-0.15, -0.1) is 0 Å². The van der Waals surface area contributed by atoms with Crippen molar-refractivity contribution in [2.45, 2.75) is 26.8 Å². The van der Waals surface area contributed by atoms with Gasteiger partial charge in [-0.1, -0.05) is 25.1 Å². The molecule has 2 rings (SSSR count). The van der Waals surface area contributed by atoms with Crippen molar-refractivity contribution in [2.75, 3.05) is 11.9 Å². The third-order valence-electron chi connectivity index (χ3n) is 3.08. The van der Waals surface area contributed by atoms with Crippen LogP contribution in [-0.2, 0) is 6.54 Å². The molecule has 0 aliphatic carbocycles. The molecule has 0 heterocycles. The van der Waals surface area contributed by atoms with Crippen LogP contribution in [0.15, 0.2) is 42.5 Å². The average molecular weight is 273 g/mol. The fourth-order valence-electron chi connectivity index (χ4n) is 1.91. The third-order valence-corrected chi connectivity index (χ3v) is 3.08. The lowest BCUT2D eigenvalue weighted by atomic mass is 10.1. The number of anilines is 1. The second-order valence-electron chi connectivity index (χ2n) is 4.81. The molecule has 0 unspecified atom stereocenters. The zero-order valence-corrected chi connectivity index (χ0v) is 11.9. The minimum absolute atomic E-state index is 0.221. The highest BCUT2D eigenvalue weighted by Crippen LogP contribution is 2.18. The van der Waals surface area contributed by atoms with Gasteiger partial charge in [-0.3, -0.25) is 0 Å². The van der Waals surface area contributed by atoms with E-state index in [9.17, 15) is 4.39 Å². The molecule has 106 valence electrons. The molecule has 2 aromatic rings. The molecule has 0 bridgehead atoms. The number of hydrogen-bond donors (Lipinski definition) is 1. The Morgan fingerprint density at radius 3 is 2.55 bits per heavy atom. The highest BCUT2D eigenvalue weighted by atomic mass is 19.1. The molecule has 0 amide bonds. The van der Waals surface area contributed by atoms with Gasteiger partial charge < -0.3 is 10.1 Å². The second-order valence-corrected chi connectivity index (χ2v) is 4.81. The van der Waals surface area contributed by atoms with Gasteiger partial charge in [-0.2, -0.15) is 0 Å². The Morgan fingerprint density at radius 2 is 1.85 bits per heavy atom. The molecular weight excluding hydrogens is 253 g/mol. The van der Waals surface area contributed by atoms with Crippen molar-refractivity contribution in [3.63, 3.8) is 0 Å². The zero-order chi connectivity index (χ0) is 14.4. The molecule has 2 aromatic carbocycles. The van der Waals surface area contributed by atoms with Crippen LogP contribution in [0.3, 0.4) is 0 Å². The lowest BCUT2D eigenvalue weighted by Crippen LogP contribution is -2.02. The van der Waals surface area contributed by atoms with Crippen molar-refractivity contribution in [2.24, 2.45) is 0 Å². The monoisotopic (exact) mass is 273 g/mol. The topological polar surface area (TPSA) is 21.3 Å². The summed E-state index contributed by atoms with van der Waals surface area (Å²) >= 11 is 0. The summed E-state index contributed by atoms with van der Waals surface area (Å²) in [6.07, 6.45) is 1.00. The molecule has 0 spiro atoms. The van der Waals surface area contributed by atoms with Crippen LogP contribution >= 0.6 is 0 Å². The molecule has 3 heteroatoms. The average Bonchev–Trinajstić information content (AvgIpc) is 2.47. The number of hydrogen-bond acceptors (Lipinski definition) is 2. The van der Waals surface area contributed by atoms with E-state index in [1.54, 1.807) is 6.07 Å². The number of nitrogens with one attached hydrogen (secondary N) is 1. The van der Waals surface area contributed by atoms with Crippen LogP contribution in [0.1, 0.15) is 24.5 Å². The number of rotatable bonds is 6. The second kappa shape index (κ2) is 6.94. The lowest BCUT2D eigenvalue weighted by molar-refractivity contribution is 0.317. The standard InChI is InChI=1S/C17H20FNO/c1-3-10-20-16-8-5-14(6-9-16)12-19-17-11-15(18)7-4-13(17)2/h4-9,11,19H,3,10,12H2,1-2H3. The maximum atomic E-state index is 13.2. The summed E-state index contributed by atoms with van der Waals surface area (Å²) < 4.78 is 18.7. The van der Waals surface area contributed by atoms with Crippen LogP contribution in [0.2, 0.25) is 0 Å². The molecule has 0 aliphatic heterocycles. The van der Waals surface area contributed by atoms with Crippen molar-refractivity contribution in [3.05, 3.63) is 59.4 Å². The molecule has 0 aliphatic rings. The number of aryl methyl sites for hydroxylation is 1. The summed E-state index contributed by atoms with van der Waals surface area (Å²) in [5.74, 6) is 0.666. The highest BCUT2D eigenvalue weighted by molar-refractivity contribution is 5.51. The fourth-order valence-corrected chi connectivity index (χ4v) is 1.91. The Kier molecular flexibility index (Phi) is 4.99. The fraction of sp³-hybridized carbons (Fsp3) is 0.294. The van der Waals surface area contributed by atoms with Crippen LogP contribution in [0.4, 0.5) is 10.1 Å². The SMILES string of the molecule is CCCOc1ccc(CNc2cc(F)ccc2C)cc1. The number of benzene rings is 2. The van der Waals surface area contributed by atoms with Crippen molar-refractivity contribution in [1.82, 2.24) is 0 Å². The Bertz CT molecular complexity index is 551. The minimum atomic E-state index is -0.221. The van der Waals surface area contributed by atoms with Gasteiger partial charge in [0.25, 0.3) is 0 Å². The summed E-state index contributed by atoms with van der Waals surface area (Å²) in [6.45, 7) is 5.45. The predicted octanol–water partition coefficient (Wildman–Crippen LogP) is 4.54. The number of ether oxygens (including phenoxy) is 1. The first-order valence-electron chi connectivity index (χ1n) is 6.91. The van der Waals surface area contributed by atoms with E-state index in [0.717, 1.165) is 35.6 Å². The van der Waals surface area contributed by atoms with Gasteiger partial charge in [0.05, 0.1) is 6.61 Å². The maximum absolute atomic E-state index is 13.2. The summed E-state index contributed by atoms with van der Waals surface area (Å²) in [7, 11) is 0. The molecule has 0 fully saturated rings. The molecule has 1 N–H and O–H groups in total. The Hall–Kier alpha value is -2.03. The molecule has 20 heavy (non-hydrogen) atoms. The van der Waals surface area contributed by atoms with E-state index >= 15 is 0 Å². The predicted molar refractivity (Wildman–Crippen MR) is 80.7 cm³/mol. The van der Waals surface area contributed by atoms with Gasteiger partial charge in [0.2, 0.25) is 0 Å². The minimum Gasteiger partial charge on any atom is -0.494 e. The quantitative estimate of drug-likeness (QED) is 0.834. The van der Waals surface area contributed by atoms with Crippen LogP contribution in [0.5, 0.6) is 5.75 Å². The van der Waals surface area contributed by atoms with E-state index in [2.05, 4.69) is 12.2 Å². The van der Waals surface area contributed by atoms with Crippen molar-refractivity contribution < 1.29 is 9.13 Å². The summed E-state index contributed by atoms with van der Waals surface area (Å²) in [5.41, 5.74) is 3.00. The van der Waals surface area contributed by atoms with E-state index in [1.807, 2.05) is 31.2 Å². The van der Waals surface area contributed by atoms with Crippen molar-refractivity contribution in [1.29, 1.82) is 0 Å². The van der Waals surface area contributed by atoms with Gasteiger partial charge in [0, 0.05) is 12.2 Å². The zero-order valence-electron chi connectivity index (χ0n) is 11.9. The molecule has 2 nitrogen and oxygen atoms in total. The number of halogens is 1. The Morgan fingerprint density at radius 1 is 1.10 bits per heavy atom. The normalized spacial score (nSPS) is 10.3. The van der Waals surface area contributed by atoms with Gasteiger partial charge >= 0.3 is 0 Å². The largest absolute Gasteiger partial charge is 0.494 e. The van der Waals surface area contributed by atoms with Crippen LogP contribution in [-0.4, -0.2) is 6.61 Å². The molecule has 0 saturated heterocycles. The van der Waals surface area contributed by atoms with Crippen LogP contribution < -0.4 is 10.1 Å². The van der Waals surface area contributed by atoms with E-state index in [1.165, 1.54) is 12.1 Å². The molecular formula is C17H20FNO. The Labute approximate surface area is 119 Å². The summed E-state index contributed by atoms with van der Waals surface area (Å²) in [5, 5.41) is 3.25. The Balaban J connectivity index is 1.95. The lowest BCUT2D eigenvalue weighted by Gasteiger charge is -2.10. The maximum Gasteiger partial charge on any atom is 0.125 e. The first-order chi connectivity index (χ1) is 9.69. The summed E-state index contributed by atoms with van der Waals surface area (Å²) in [6, 6.07) is 12.7. The van der Waals surface area contributed by atoms with Crippen LogP contribution in [0, 0.1) is 12.7 Å². The first kappa shape index (κ1) is 14.4. The third kappa shape index (κ3) is 3.98. The van der Waals surface area contributed by atoms with Gasteiger partial charge in [0.1, 0.15) is 11.6 Å². The van der Waals surface area contributed by atoms with E-state index in [4.69, 9.17) is 4.74 Å². The highest BCUT2D eigenvalue weighted by Gasteiger charge is 2.01. The van der Waals surface area contributed by atoms with Gasteiger partial charge in [-0.05, 0) is 48.7 Å². The molecule has 0 atom stereocenters. The van der Waals surface area contributed by atoms with Crippen LogP contribution in [0.25, 0.3) is 0 Å². The van der Waals surface area contributed by atoms with Crippen molar-refractivity contribution >= 4 is 5.69 Å². The van der Waals surface area contributed by atoms with E-state index < -0.39 is 0 Å². The van der Waals surface area contributed by atoms with Gasteiger partial charge in [0.15, 0.2) is 0 Å². The molecule has 0 aromatic heterocycles. The van der Waals surface area contributed by atoms with Gasteiger partial charge in [-0.25, -0.2) is 4.39 Å². The van der Waals surface area contributed by atoms with Crippen molar-refractivity contribution in [3.8, 4) is 5.75 Å².